The topological polar surface area (TPSA) is 70.7 Å². The van der Waals surface area contributed by atoms with Gasteiger partial charge in [-0.2, -0.15) is 0 Å². The summed E-state index contributed by atoms with van der Waals surface area (Å²) in [6.07, 6.45) is 3.78. The summed E-state index contributed by atoms with van der Waals surface area (Å²) in [5.41, 5.74) is 2.78. The molecule has 0 radical (unpaired) electrons. The minimum Gasteiger partial charge on any atom is -0.497 e. The molecular formula is C22H27N3O3. The second-order valence-electron chi connectivity index (χ2n) is 6.97. The molecule has 6 heteroatoms. The van der Waals surface area contributed by atoms with Gasteiger partial charge in [0.05, 0.1) is 7.11 Å². The maximum atomic E-state index is 12.2. The lowest BCUT2D eigenvalue weighted by molar-refractivity contribution is -0.136. The maximum Gasteiger partial charge on any atom is 0.313 e. The summed E-state index contributed by atoms with van der Waals surface area (Å²) in [6, 6.07) is 14.9. The van der Waals surface area contributed by atoms with E-state index in [1.165, 1.54) is 24.8 Å². The van der Waals surface area contributed by atoms with Crippen LogP contribution < -0.4 is 15.4 Å². The normalized spacial score (nSPS) is 14.3. The van der Waals surface area contributed by atoms with Gasteiger partial charge < -0.3 is 15.4 Å². The summed E-state index contributed by atoms with van der Waals surface area (Å²) >= 11 is 0. The second-order valence-corrected chi connectivity index (χ2v) is 6.97. The SMILES string of the molecule is COc1ccc(NC(=O)C(=O)NCc2ccccc2CN2CCCCC2)cc1. The van der Waals surface area contributed by atoms with Crippen LogP contribution >= 0.6 is 0 Å². The first kappa shape index (κ1) is 19.9. The molecule has 1 heterocycles. The molecule has 6 nitrogen and oxygen atoms in total. The van der Waals surface area contributed by atoms with Gasteiger partial charge in [0.2, 0.25) is 0 Å². The van der Waals surface area contributed by atoms with E-state index >= 15 is 0 Å². The third kappa shape index (κ3) is 5.57. The molecule has 2 aromatic rings. The van der Waals surface area contributed by atoms with Crippen LogP contribution in [0.2, 0.25) is 0 Å². The zero-order valence-electron chi connectivity index (χ0n) is 16.2. The van der Waals surface area contributed by atoms with Crippen LogP contribution in [0.5, 0.6) is 5.75 Å². The average Bonchev–Trinajstić information content (AvgIpc) is 2.74. The third-order valence-corrected chi connectivity index (χ3v) is 4.95. The Hall–Kier alpha value is -2.86. The van der Waals surface area contributed by atoms with Crippen molar-refractivity contribution >= 4 is 17.5 Å². The number of piperidine rings is 1. The number of hydrogen-bond acceptors (Lipinski definition) is 4. The number of carbonyl (C=O) groups is 2. The minimum absolute atomic E-state index is 0.332. The molecule has 0 spiro atoms. The van der Waals surface area contributed by atoms with Gasteiger partial charge in [0, 0.05) is 18.8 Å². The summed E-state index contributed by atoms with van der Waals surface area (Å²) in [5, 5.41) is 5.32. The molecule has 2 amide bonds. The Bertz CT molecular complexity index is 799. The summed E-state index contributed by atoms with van der Waals surface area (Å²) in [5.74, 6) is -0.643. The Balaban J connectivity index is 1.54. The van der Waals surface area contributed by atoms with Crippen molar-refractivity contribution in [1.29, 1.82) is 0 Å². The highest BCUT2D eigenvalue weighted by atomic mass is 16.5. The van der Waals surface area contributed by atoms with E-state index in [1.54, 1.807) is 31.4 Å². The number of amides is 2. The van der Waals surface area contributed by atoms with E-state index in [1.807, 2.05) is 18.2 Å². The molecule has 148 valence electrons. The van der Waals surface area contributed by atoms with Crippen molar-refractivity contribution in [2.24, 2.45) is 0 Å². The Morgan fingerprint density at radius 3 is 2.29 bits per heavy atom. The summed E-state index contributed by atoms with van der Waals surface area (Å²) in [7, 11) is 1.57. The molecule has 0 bridgehead atoms. The standard InChI is InChI=1S/C22H27N3O3/c1-28-20-11-9-19(10-12-20)24-22(27)21(26)23-15-17-7-3-4-8-18(17)16-25-13-5-2-6-14-25/h3-4,7-12H,2,5-6,13-16H2,1H3,(H,23,26)(H,24,27). The largest absolute Gasteiger partial charge is 0.497 e. The summed E-state index contributed by atoms with van der Waals surface area (Å²) < 4.78 is 5.08. The van der Waals surface area contributed by atoms with E-state index in [-0.39, 0.29) is 0 Å². The van der Waals surface area contributed by atoms with Crippen LogP contribution in [0.3, 0.4) is 0 Å². The lowest BCUT2D eigenvalue weighted by Crippen LogP contribution is -2.35. The van der Waals surface area contributed by atoms with Crippen LogP contribution in [0, 0.1) is 0 Å². The van der Waals surface area contributed by atoms with Crippen molar-refractivity contribution in [2.75, 3.05) is 25.5 Å². The Morgan fingerprint density at radius 1 is 0.929 bits per heavy atom. The lowest BCUT2D eigenvalue weighted by Gasteiger charge is -2.27. The van der Waals surface area contributed by atoms with E-state index in [2.05, 4.69) is 21.6 Å². The summed E-state index contributed by atoms with van der Waals surface area (Å²) in [6.45, 7) is 3.44. The highest BCUT2D eigenvalue weighted by Gasteiger charge is 2.16. The molecule has 0 saturated carbocycles. The molecule has 0 aromatic heterocycles. The predicted octanol–water partition coefficient (Wildman–Crippen LogP) is 2.94. The highest BCUT2D eigenvalue weighted by molar-refractivity contribution is 6.39. The first-order valence-corrected chi connectivity index (χ1v) is 9.68. The van der Waals surface area contributed by atoms with E-state index in [9.17, 15) is 9.59 Å². The zero-order chi connectivity index (χ0) is 19.8. The maximum absolute atomic E-state index is 12.2. The fourth-order valence-electron chi connectivity index (χ4n) is 3.36. The van der Waals surface area contributed by atoms with Crippen LogP contribution in [-0.4, -0.2) is 36.9 Å². The van der Waals surface area contributed by atoms with Crippen LogP contribution in [0.4, 0.5) is 5.69 Å². The molecule has 2 aromatic carbocycles. The predicted molar refractivity (Wildman–Crippen MR) is 109 cm³/mol. The van der Waals surface area contributed by atoms with Crippen molar-refractivity contribution in [3.8, 4) is 5.75 Å². The van der Waals surface area contributed by atoms with E-state index in [0.717, 1.165) is 25.2 Å². The molecule has 0 aliphatic carbocycles. The Morgan fingerprint density at radius 2 is 1.61 bits per heavy atom. The van der Waals surface area contributed by atoms with Crippen LogP contribution in [-0.2, 0) is 22.7 Å². The van der Waals surface area contributed by atoms with Crippen molar-refractivity contribution in [3.05, 3.63) is 59.7 Å². The van der Waals surface area contributed by atoms with Crippen LogP contribution in [0.15, 0.2) is 48.5 Å². The molecule has 28 heavy (non-hydrogen) atoms. The smallest absolute Gasteiger partial charge is 0.313 e. The fraction of sp³-hybridized carbons (Fsp3) is 0.364. The van der Waals surface area contributed by atoms with Crippen molar-refractivity contribution in [1.82, 2.24) is 10.2 Å². The number of carbonyl (C=O) groups excluding carboxylic acids is 2. The second kappa shape index (κ2) is 9.90. The van der Waals surface area contributed by atoms with Crippen molar-refractivity contribution < 1.29 is 14.3 Å². The number of anilines is 1. The number of methoxy groups -OCH3 is 1. The average molecular weight is 381 g/mol. The van der Waals surface area contributed by atoms with Crippen LogP contribution in [0.1, 0.15) is 30.4 Å². The van der Waals surface area contributed by atoms with Gasteiger partial charge >= 0.3 is 11.8 Å². The number of hydrogen-bond donors (Lipinski definition) is 2. The molecule has 1 aliphatic heterocycles. The molecule has 0 unspecified atom stereocenters. The first-order valence-electron chi connectivity index (χ1n) is 9.68. The third-order valence-electron chi connectivity index (χ3n) is 4.95. The van der Waals surface area contributed by atoms with Gasteiger partial charge in [-0.15, -0.1) is 0 Å². The van der Waals surface area contributed by atoms with E-state index in [0.29, 0.717) is 18.0 Å². The fourth-order valence-corrected chi connectivity index (χ4v) is 3.36. The summed E-state index contributed by atoms with van der Waals surface area (Å²) in [4.78, 5) is 26.8. The molecular weight excluding hydrogens is 354 g/mol. The number of rotatable bonds is 6. The van der Waals surface area contributed by atoms with Gasteiger partial charge in [0.1, 0.15) is 5.75 Å². The Labute approximate surface area is 165 Å². The van der Waals surface area contributed by atoms with Crippen molar-refractivity contribution in [3.63, 3.8) is 0 Å². The highest BCUT2D eigenvalue weighted by Crippen LogP contribution is 2.17. The first-order chi connectivity index (χ1) is 13.7. The van der Waals surface area contributed by atoms with Gasteiger partial charge in [-0.25, -0.2) is 0 Å². The number of nitrogens with one attached hydrogen (secondary N) is 2. The number of ether oxygens (including phenoxy) is 1. The van der Waals surface area contributed by atoms with Gasteiger partial charge in [0.25, 0.3) is 0 Å². The van der Waals surface area contributed by atoms with E-state index < -0.39 is 11.8 Å². The van der Waals surface area contributed by atoms with E-state index in [4.69, 9.17) is 4.74 Å². The van der Waals surface area contributed by atoms with Gasteiger partial charge in [0.15, 0.2) is 0 Å². The molecule has 2 N–H and O–H groups in total. The minimum atomic E-state index is -0.682. The Kier molecular flexibility index (Phi) is 7.03. The lowest BCUT2D eigenvalue weighted by atomic mass is 10.0. The monoisotopic (exact) mass is 381 g/mol. The number of benzene rings is 2. The molecule has 0 atom stereocenters. The molecule has 1 fully saturated rings. The van der Waals surface area contributed by atoms with Gasteiger partial charge in [-0.1, -0.05) is 30.7 Å². The van der Waals surface area contributed by atoms with Crippen molar-refractivity contribution in [2.45, 2.75) is 32.4 Å². The van der Waals surface area contributed by atoms with Gasteiger partial charge in [-0.3, -0.25) is 14.5 Å². The number of likely N-dealkylation sites (tertiary alicyclic amines) is 1. The zero-order valence-corrected chi connectivity index (χ0v) is 16.2. The molecule has 1 aliphatic rings. The quantitative estimate of drug-likeness (QED) is 0.755. The molecule has 3 rings (SSSR count). The molecule has 1 saturated heterocycles. The van der Waals surface area contributed by atoms with Crippen LogP contribution in [0.25, 0.3) is 0 Å². The van der Waals surface area contributed by atoms with Gasteiger partial charge in [-0.05, 0) is 61.3 Å². The number of nitrogens with zero attached hydrogens (tertiary/aromatic N) is 1.